The minimum atomic E-state index is -0.176. The lowest BCUT2D eigenvalue weighted by Gasteiger charge is -2.09. The fourth-order valence-electron chi connectivity index (χ4n) is 1.49. The Bertz CT molecular complexity index is 511. The molecule has 0 bridgehead atoms. The van der Waals surface area contributed by atoms with Crippen molar-refractivity contribution in [2.75, 3.05) is 11.6 Å². The molecule has 0 fully saturated rings. The van der Waals surface area contributed by atoms with Gasteiger partial charge in [-0.15, -0.1) is 23.1 Å². The van der Waals surface area contributed by atoms with E-state index in [1.54, 1.807) is 23.1 Å². The van der Waals surface area contributed by atoms with E-state index in [4.69, 9.17) is 0 Å². The molecule has 18 heavy (non-hydrogen) atoms. The molecule has 0 saturated heterocycles. The van der Waals surface area contributed by atoms with Crippen LogP contribution in [0.5, 0.6) is 0 Å². The summed E-state index contributed by atoms with van der Waals surface area (Å²) in [6.45, 7) is 0.560. The van der Waals surface area contributed by atoms with E-state index in [9.17, 15) is 4.79 Å². The Labute approximate surface area is 115 Å². The van der Waals surface area contributed by atoms with Crippen molar-refractivity contribution in [3.8, 4) is 0 Å². The minimum absolute atomic E-state index is 0.176. The maximum atomic E-state index is 11.7. The van der Waals surface area contributed by atoms with Crippen LogP contribution in [0.2, 0.25) is 0 Å². The van der Waals surface area contributed by atoms with Crippen molar-refractivity contribution >= 4 is 34.8 Å². The van der Waals surface area contributed by atoms with Gasteiger partial charge in [-0.25, -0.2) is 4.79 Å². The molecule has 94 valence electrons. The second-order valence-electron chi connectivity index (χ2n) is 3.59. The van der Waals surface area contributed by atoms with Gasteiger partial charge < -0.3 is 10.6 Å². The van der Waals surface area contributed by atoms with Crippen LogP contribution in [0.25, 0.3) is 0 Å². The summed E-state index contributed by atoms with van der Waals surface area (Å²) in [5.41, 5.74) is 0.841. The molecule has 1 aromatic carbocycles. The molecule has 0 unspecified atom stereocenters. The van der Waals surface area contributed by atoms with Gasteiger partial charge in [0.25, 0.3) is 0 Å². The molecule has 2 aromatic rings. The number of thioether (sulfide) groups is 1. The summed E-state index contributed by atoms with van der Waals surface area (Å²) in [4.78, 5) is 13.9. The molecule has 0 spiro atoms. The Balaban J connectivity index is 1.90. The average Bonchev–Trinajstić information content (AvgIpc) is 2.90. The second-order valence-corrected chi connectivity index (χ2v) is 5.47. The van der Waals surface area contributed by atoms with Crippen LogP contribution in [-0.2, 0) is 6.54 Å². The van der Waals surface area contributed by atoms with Gasteiger partial charge in [-0.1, -0.05) is 18.2 Å². The normalized spacial score (nSPS) is 10.1. The summed E-state index contributed by atoms with van der Waals surface area (Å²) in [5.74, 6) is 0. The van der Waals surface area contributed by atoms with Gasteiger partial charge in [0.15, 0.2) is 0 Å². The van der Waals surface area contributed by atoms with Crippen LogP contribution in [0.15, 0.2) is 46.7 Å². The number of carbonyl (C=O) groups is 1. The number of benzene rings is 1. The Morgan fingerprint density at radius 2 is 2.11 bits per heavy atom. The molecule has 5 heteroatoms. The highest BCUT2D eigenvalue weighted by molar-refractivity contribution is 7.98. The van der Waals surface area contributed by atoms with Gasteiger partial charge >= 0.3 is 6.03 Å². The van der Waals surface area contributed by atoms with Gasteiger partial charge in [-0.3, -0.25) is 0 Å². The molecule has 0 aliphatic carbocycles. The van der Waals surface area contributed by atoms with Crippen LogP contribution in [0, 0.1) is 0 Å². The summed E-state index contributed by atoms with van der Waals surface area (Å²) in [6, 6.07) is 11.6. The Kier molecular flexibility index (Phi) is 4.66. The summed E-state index contributed by atoms with van der Waals surface area (Å²) in [7, 11) is 0. The summed E-state index contributed by atoms with van der Waals surface area (Å²) >= 11 is 3.25. The number of hydrogen-bond donors (Lipinski definition) is 2. The molecule has 2 N–H and O–H groups in total. The third-order valence-corrected chi connectivity index (χ3v) is 4.03. The Hall–Kier alpha value is -1.46. The van der Waals surface area contributed by atoms with Crippen molar-refractivity contribution in [1.29, 1.82) is 0 Å². The predicted molar refractivity (Wildman–Crippen MR) is 78.4 cm³/mol. The van der Waals surface area contributed by atoms with Crippen molar-refractivity contribution in [3.63, 3.8) is 0 Å². The number of para-hydroxylation sites is 1. The Morgan fingerprint density at radius 3 is 2.83 bits per heavy atom. The third kappa shape index (κ3) is 3.51. The molecule has 0 saturated carbocycles. The van der Waals surface area contributed by atoms with Crippen LogP contribution in [-0.4, -0.2) is 12.3 Å². The second kappa shape index (κ2) is 6.47. The molecule has 2 amide bonds. The van der Waals surface area contributed by atoms with Gasteiger partial charge in [0.05, 0.1) is 12.2 Å². The maximum absolute atomic E-state index is 11.7. The van der Waals surface area contributed by atoms with Gasteiger partial charge in [-0.2, -0.15) is 0 Å². The van der Waals surface area contributed by atoms with Crippen molar-refractivity contribution in [1.82, 2.24) is 5.32 Å². The number of amides is 2. The van der Waals surface area contributed by atoms with E-state index in [-0.39, 0.29) is 6.03 Å². The molecular weight excluding hydrogens is 264 g/mol. The fraction of sp³-hybridized carbons (Fsp3) is 0.154. The fourth-order valence-corrected chi connectivity index (χ4v) is 2.69. The van der Waals surface area contributed by atoms with Crippen LogP contribution >= 0.6 is 23.1 Å². The van der Waals surface area contributed by atoms with Crippen molar-refractivity contribution in [2.24, 2.45) is 0 Å². The van der Waals surface area contributed by atoms with Crippen LogP contribution < -0.4 is 10.6 Å². The van der Waals surface area contributed by atoms with Gasteiger partial charge in [0.1, 0.15) is 0 Å². The molecule has 1 heterocycles. The highest BCUT2D eigenvalue weighted by atomic mass is 32.2. The van der Waals surface area contributed by atoms with E-state index in [2.05, 4.69) is 10.6 Å². The monoisotopic (exact) mass is 278 g/mol. The zero-order valence-electron chi connectivity index (χ0n) is 9.97. The SMILES string of the molecule is CSc1ccccc1NC(=O)NCc1cccs1. The summed E-state index contributed by atoms with van der Waals surface area (Å²) in [6.07, 6.45) is 1.99. The van der Waals surface area contributed by atoms with Crippen LogP contribution in [0.1, 0.15) is 4.88 Å². The number of anilines is 1. The average molecular weight is 278 g/mol. The van der Waals surface area contributed by atoms with E-state index >= 15 is 0 Å². The number of nitrogens with one attached hydrogen (secondary N) is 2. The highest BCUT2D eigenvalue weighted by Gasteiger charge is 2.05. The molecule has 2 rings (SSSR count). The molecule has 1 aromatic heterocycles. The van der Waals surface area contributed by atoms with Gasteiger partial charge in [0.2, 0.25) is 0 Å². The third-order valence-electron chi connectivity index (χ3n) is 2.36. The topological polar surface area (TPSA) is 41.1 Å². The first kappa shape index (κ1) is 13.0. The number of urea groups is 1. The number of hydrogen-bond acceptors (Lipinski definition) is 3. The van der Waals surface area contributed by atoms with E-state index in [1.807, 2.05) is 48.0 Å². The first-order valence-electron chi connectivity index (χ1n) is 5.50. The first-order chi connectivity index (χ1) is 8.79. The smallest absolute Gasteiger partial charge is 0.319 e. The van der Waals surface area contributed by atoms with Crippen LogP contribution in [0.4, 0.5) is 10.5 Å². The zero-order valence-corrected chi connectivity index (χ0v) is 11.6. The van der Waals surface area contributed by atoms with E-state index in [1.165, 1.54) is 0 Å². The molecular formula is C13H14N2OS2. The zero-order chi connectivity index (χ0) is 12.8. The predicted octanol–water partition coefficient (Wildman–Crippen LogP) is 3.79. The molecule has 0 atom stereocenters. The van der Waals surface area contributed by atoms with Crippen molar-refractivity contribution < 1.29 is 4.79 Å². The van der Waals surface area contributed by atoms with Gasteiger partial charge in [-0.05, 0) is 29.8 Å². The lowest BCUT2D eigenvalue weighted by atomic mass is 10.3. The summed E-state index contributed by atoms with van der Waals surface area (Å²) < 4.78 is 0. The Morgan fingerprint density at radius 1 is 1.28 bits per heavy atom. The first-order valence-corrected chi connectivity index (χ1v) is 7.60. The molecule has 0 radical (unpaired) electrons. The lowest BCUT2D eigenvalue weighted by Crippen LogP contribution is -2.28. The van der Waals surface area contributed by atoms with E-state index in [0.29, 0.717) is 6.54 Å². The quantitative estimate of drug-likeness (QED) is 0.835. The molecule has 3 nitrogen and oxygen atoms in total. The number of thiophene rings is 1. The standard InChI is InChI=1S/C13H14N2OS2/c1-17-12-7-3-2-6-11(12)15-13(16)14-9-10-5-4-8-18-10/h2-8H,9H2,1H3,(H2,14,15,16). The molecule has 0 aliphatic rings. The highest BCUT2D eigenvalue weighted by Crippen LogP contribution is 2.24. The van der Waals surface area contributed by atoms with Crippen molar-refractivity contribution in [2.45, 2.75) is 11.4 Å². The maximum Gasteiger partial charge on any atom is 0.319 e. The largest absolute Gasteiger partial charge is 0.333 e. The number of rotatable bonds is 4. The van der Waals surface area contributed by atoms with E-state index in [0.717, 1.165) is 15.5 Å². The number of carbonyl (C=O) groups excluding carboxylic acids is 1. The molecule has 0 aliphatic heterocycles. The van der Waals surface area contributed by atoms with Crippen LogP contribution in [0.3, 0.4) is 0 Å². The summed E-state index contributed by atoms with van der Waals surface area (Å²) in [5, 5.41) is 7.69. The lowest BCUT2D eigenvalue weighted by molar-refractivity contribution is 0.252. The van der Waals surface area contributed by atoms with Crippen molar-refractivity contribution in [3.05, 3.63) is 46.7 Å². The van der Waals surface area contributed by atoms with E-state index < -0.39 is 0 Å². The minimum Gasteiger partial charge on any atom is -0.333 e. The van der Waals surface area contributed by atoms with Gasteiger partial charge in [0, 0.05) is 9.77 Å².